The predicted molar refractivity (Wildman–Crippen MR) is 101 cm³/mol. The van der Waals surface area contributed by atoms with E-state index >= 15 is 0 Å². The van der Waals surface area contributed by atoms with E-state index in [-0.39, 0.29) is 11.9 Å². The van der Waals surface area contributed by atoms with Crippen LogP contribution in [-0.4, -0.2) is 27.8 Å². The normalized spacial score (nSPS) is 14.0. The highest BCUT2D eigenvalue weighted by atomic mass is 19.4. The van der Waals surface area contributed by atoms with Crippen LogP contribution in [0.2, 0.25) is 0 Å². The number of aromatic nitrogens is 2. The van der Waals surface area contributed by atoms with Gasteiger partial charge in [0, 0.05) is 24.0 Å². The van der Waals surface area contributed by atoms with E-state index in [1.54, 1.807) is 18.2 Å². The van der Waals surface area contributed by atoms with E-state index in [1.165, 1.54) is 0 Å². The Hall–Kier alpha value is -3.90. The van der Waals surface area contributed by atoms with Crippen molar-refractivity contribution < 1.29 is 18.0 Å². The van der Waals surface area contributed by atoms with Crippen molar-refractivity contribution in [2.24, 2.45) is 27.2 Å². The van der Waals surface area contributed by atoms with Crippen molar-refractivity contribution in [2.45, 2.75) is 19.0 Å². The number of hydrogen-bond donors (Lipinski definition) is 5. The van der Waals surface area contributed by atoms with Gasteiger partial charge < -0.3 is 27.8 Å². The molecule has 1 aromatic heterocycles. The summed E-state index contributed by atoms with van der Waals surface area (Å²) in [5, 5.41) is 5.53. The summed E-state index contributed by atoms with van der Waals surface area (Å²) >= 11 is 0. The van der Waals surface area contributed by atoms with Gasteiger partial charge in [-0.15, -0.1) is 0 Å². The Bertz CT molecular complexity index is 1010. The van der Waals surface area contributed by atoms with Crippen molar-refractivity contribution in [3.63, 3.8) is 0 Å². The number of nitrogens with one attached hydrogen (secondary N) is 2. The first-order valence-corrected chi connectivity index (χ1v) is 8.19. The number of aliphatic imine (C=N–C) groups is 2. The molecular formula is C16H16F3N9O. The average Bonchev–Trinajstić information content (AvgIpc) is 2.60. The first-order chi connectivity index (χ1) is 13.6. The Morgan fingerprint density at radius 2 is 1.97 bits per heavy atom. The van der Waals surface area contributed by atoms with Gasteiger partial charge in [-0.25, -0.2) is 4.98 Å². The summed E-state index contributed by atoms with van der Waals surface area (Å²) in [6.45, 7) is 0. The number of nitrogens with zero attached hydrogens (tertiary/aromatic N) is 4. The number of alkyl halides is 3. The zero-order valence-corrected chi connectivity index (χ0v) is 14.8. The second-order valence-electron chi connectivity index (χ2n) is 5.98. The number of carbonyl (C=O) groups is 1. The first-order valence-electron chi connectivity index (χ1n) is 8.19. The lowest BCUT2D eigenvalue weighted by atomic mass is 10.0. The standard InChI is InChI=1S/C16H16F3N9O/c17-16(18,19)9-6-23-15(27-12(9)26-14(22)28-13(20)21)24-8-2-3-10-7(5-8)1-4-11(29)25-10/h2-3,5-6H,1,4H2,(H,25,29)(H7,20,21,22,23,24,26,27,28). The van der Waals surface area contributed by atoms with Crippen molar-refractivity contribution in [2.75, 3.05) is 10.6 Å². The molecule has 0 aliphatic carbocycles. The lowest BCUT2D eigenvalue weighted by molar-refractivity contribution is -0.137. The third-order valence-electron chi connectivity index (χ3n) is 3.80. The summed E-state index contributed by atoms with van der Waals surface area (Å²) in [6, 6.07) is 5.04. The quantitative estimate of drug-likeness (QED) is 0.377. The highest BCUT2D eigenvalue weighted by molar-refractivity contribution is 5.94. The van der Waals surface area contributed by atoms with E-state index in [9.17, 15) is 18.0 Å². The van der Waals surface area contributed by atoms with Gasteiger partial charge >= 0.3 is 6.18 Å². The van der Waals surface area contributed by atoms with Crippen LogP contribution in [0.25, 0.3) is 0 Å². The van der Waals surface area contributed by atoms with Crippen LogP contribution in [0.1, 0.15) is 17.5 Å². The summed E-state index contributed by atoms with van der Waals surface area (Å²) in [5.41, 5.74) is 16.6. The van der Waals surface area contributed by atoms with Crippen LogP contribution in [-0.2, 0) is 17.4 Å². The number of amides is 1. The molecular weight excluding hydrogens is 391 g/mol. The highest BCUT2D eigenvalue weighted by Gasteiger charge is 2.35. The minimum absolute atomic E-state index is 0.0786. The van der Waals surface area contributed by atoms with Crippen LogP contribution in [0.3, 0.4) is 0 Å². The van der Waals surface area contributed by atoms with Gasteiger partial charge in [0.1, 0.15) is 5.56 Å². The van der Waals surface area contributed by atoms with Crippen molar-refractivity contribution in [3.05, 3.63) is 35.5 Å². The van der Waals surface area contributed by atoms with Crippen molar-refractivity contribution in [1.29, 1.82) is 0 Å². The summed E-state index contributed by atoms with van der Waals surface area (Å²) in [6.07, 6.45) is -3.31. The van der Waals surface area contributed by atoms with Crippen LogP contribution >= 0.6 is 0 Å². The van der Waals surface area contributed by atoms with Crippen LogP contribution in [0.15, 0.2) is 34.4 Å². The Labute approximate surface area is 162 Å². The average molecular weight is 407 g/mol. The Kier molecular flexibility index (Phi) is 5.21. The largest absolute Gasteiger partial charge is 0.421 e. The molecule has 1 aliphatic rings. The van der Waals surface area contributed by atoms with Crippen LogP contribution in [0, 0.1) is 0 Å². The lowest BCUT2D eigenvalue weighted by Crippen LogP contribution is -2.26. The SMILES string of the molecule is NC(N)=NC(N)=Nc1nc(Nc2ccc3c(c2)CCC(=O)N3)ncc1C(F)(F)F. The number of fused-ring (bicyclic) bond motifs is 1. The summed E-state index contributed by atoms with van der Waals surface area (Å²) in [4.78, 5) is 25.8. The van der Waals surface area contributed by atoms with Gasteiger partial charge in [-0.2, -0.15) is 28.1 Å². The second kappa shape index (κ2) is 7.61. The molecule has 8 N–H and O–H groups in total. The third-order valence-corrected chi connectivity index (χ3v) is 3.80. The van der Waals surface area contributed by atoms with Crippen LogP contribution in [0.4, 0.5) is 36.3 Å². The van der Waals surface area contributed by atoms with Crippen LogP contribution in [0.5, 0.6) is 0 Å². The monoisotopic (exact) mass is 407 g/mol. The summed E-state index contributed by atoms with van der Waals surface area (Å²) < 4.78 is 39.6. The van der Waals surface area contributed by atoms with Gasteiger partial charge in [0.05, 0.1) is 0 Å². The number of guanidine groups is 2. The molecule has 13 heteroatoms. The van der Waals surface area contributed by atoms with Gasteiger partial charge in [0.15, 0.2) is 11.8 Å². The highest BCUT2D eigenvalue weighted by Crippen LogP contribution is 2.35. The third kappa shape index (κ3) is 4.88. The molecule has 152 valence electrons. The zero-order valence-electron chi connectivity index (χ0n) is 14.8. The Balaban J connectivity index is 1.93. The fourth-order valence-corrected chi connectivity index (χ4v) is 2.57. The molecule has 0 spiro atoms. The van der Waals surface area contributed by atoms with E-state index in [2.05, 4.69) is 30.6 Å². The number of nitrogens with two attached hydrogens (primary N) is 3. The van der Waals surface area contributed by atoms with Gasteiger partial charge in [-0.3, -0.25) is 4.79 Å². The molecule has 1 aromatic carbocycles. The number of carbonyl (C=O) groups excluding carboxylic acids is 1. The predicted octanol–water partition coefficient (Wildman–Crippen LogP) is 1.34. The van der Waals surface area contributed by atoms with E-state index in [0.717, 1.165) is 5.56 Å². The van der Waals surface area contributed by atoms with Crippen LogP contribution < -0.4 is 27.8 Å². The number of benzene rings is 1. The molecule has 29 heavy (non-hydrogen) atoms. The molecule has 1 amide bonds. The lowest BCUT2D eigenvalue weighted by Gasteiger charge is -2.18. The van der Waals surface area contributed by atoms with Gasteiger partial charge in [-0.05, 0) is 30.2 Å². The molecule has 0 fully saturated rings. The maximum absolute atomic E-state index is 13.2. The van der Waals surface area contributed by atoms with E-state index < -0.39 is 29.5 Å². The Morgan fingerprint density at radius 1 is 1.21 bits per heavy atom. The minimum atomic E-state index is -4.76. The molecule has 10 nitrogen and oxygen atoms in total. The molecule has 2 heterocycles. The van der Waals surface area contributed by atoms with Crippen molar-refractivity contribution in [1.82, 2.24) is 9.97 Å². The number of aryl methyl sites for hydroxylation is 1. The van der Waals surface area contributed by atoms with Gasteiger partial charge in [0.25, 0.3) is 0 Å². The topological polar surface area (TPSA) is 170 Å². The second-order valence-corrected chi connectivity index (χ2v) is 5.98. The molecule has 0 unspecified atom stereocenters. The molecule has 0 saturated heterocycles. The molecule has 0 radical (unpaired) electrons. The summed E-state index contributed by atoms with van der Waals surface area (Å²) in [5.74, 6) is -2.03. The van der Waals surface area contributed by atoms with E-state index in [0.29, 0.717) is 30.4 Å². The maximum atomic E-state index is 13.2. The van der Waals surface area contributed by atoms with Crippen molar-refractivity contribution in [3.8, 4) is 0 Å². The molecule has 1 aliphatic heterocycles. The van der Waals surface area contributed by atoms with Crippen molar-refractivity contribution >= 4 is 41.0 Å². The maximum Gasteiger partial charge on any atom is 0.421 e. The first kappa shape index (κ1) is 19.9. The smallest absolute Gasteiger partial charge is 0.370 e. The van der Waals surface area contributed by atoms with Gasteiger partial charge in [-0.1, -0.05) is 0 Å². The summed E-state index contributed by atoms with van der Waals surface area (Å²) in [7, 11) is 0. The van der Waals surface area contributed by atoms with E-state index in [1.807, 2.05) is 0 Å². The molecule has 0 bridgehead atoms. The number of rotatable bonds is 3. The van der Waals surface area contributed by atoms with Gasteiger partial charge in [0.2, 0.25) is 17.8 Å². The minimum Gasteiger partial charge on any atom is -0.370 e. The zero-order chi connectivity index (χ0) is 21.2. The Morgan fingerprint density at radius 3 is 2.66 bits per heavy atom. The number of hydrogen-bond acceptors (Lipinski definition) is 5. The molecule has 0 saturated carbocycles. The molecule has 0 atom stereocenters. The molecule has 3 rings (SSSR count). The number of anilines is 3. The fourth-order valence-electron chi connectivity index (χ4n) is 2.57. The van der Waals surface area contributed by atoms with E-state index in [4.69, 9.17) is 17.2 Å². The number of halogens is 3. The fraction of sp³-hybridized carbons (Fsp3) is 0.188. The molecule has 2 aromatic rings.